The van der Waals surface area contributed by atoms with Crippen LogP contribution in [-0.4, -0.2) is 37.2 Å². The number of methoxy groups -OCH3 is 2. The predicted molar refractivity (Wildman–Crippen MR) is 64.1 cm³/mol. The fourth-order valence-corrected chi connectivity index (χ4v) is 1.32. The van der Waals surface area contributed by atoms with Crippen molar-refractivity contribution in [2.75, 3.05) is 14.2 Å². The third-order valence-electron chi connectivity index (χ3n) is 2.37. The number of rotatable bonds is 5. The van der Waals surface area contributed by atoms with Gasteiger partial charge in [-0.05, 0) is 19.1 Å². The molecule has 0 saturated heterocycles. The number of hydrogen-bond acceptors (Lipinski definition) is 4. The van der Waals surface area contributed by atoms with Crippen molar-refractivity contribution in [2.45, 2.75) is 13.0 Å². The van der Waals surface area contributed by atoms with Crippen molar-refractivity contribution < 1.29 is 24.2 Å². The van der Waals surface area contributed by atoms with Gasteiger partial charge in [0.25, 0.3) is 5.91 Å². The molecule has 0 fully saturated rings. The molecule has 1 rings (SSSR count). The largest absolute Gasteiger partial charge is 0.497 e. The maximum atomic E-state index is 11.8. The number of amides is 1. The van der Waals surface area contributed by atoms with Crippen LogP contribution in [0.1, 0.15) is 17.3 Å². The first kappa shape index (κ1) is 13.8. The Kier molecular flexibility index (Phi) is 4.53. The molecule has 0 bridgehead atoms. The lowest BCUT2D eigenvalue weighted by Crippen LogP contribution is -2.38. The minimum Gasteiger partial charge on any atom is -0.497 e. The highest BCUT2D eigenvalue weighted by molar-refractivity contribution is 5.99. The fraction of sp³-hybridized carbons (Fsp3) is 0.333. The first-order valence-electron chi connectivity index (χ1n) is 5.25. The van der Waals surface area contributed by atoms with Gasteiger partial charge in [-0.3, -0.25) is 9.59 Å². The molecule has 98 valence electrons. The summed E-state index contributed by atoms with van der Waals surface area (Å²) in [5.74, 6) is -0.737. The second-order valence-electron chi connectivity index (χ2n) is 3.60. The van der Waals surface area contributed by atoms with Crippen molar-refractivity contribution in [1.29, 1.82) is 0 Å². The van der Waals surface area contributed by atoms with Crippen LogP contribution in [0.3, 0.4) is 0 Å². The number of carbonyl (C=O) groups is 2. The second kappa shape index (κ2) is 5.90. The Bertz CT molecular complexity index is 458. The molecular weight excluding hydrogens is 238 g/mol. The molecule has 0 spiro atoms. The maximum Gasteiger partial charge on any atom is 0.325 e. The lowest BCUT2D eigenvalue weighted by molar-refractivity contribution is -0.138. The van der Waals surface area contributed by atoms with Crippen LogP contribution in [0.4, 0.5) is 0 Å². The van der Waals surface area contributed by atoms with Crippen LogP contribution >= 0.6 is 0 Å². The van der Waals surface area contributed by atoms with Crippen molar-refractivity contribution in [3.05, 3.63) is 23.8 Å². The second-order valence-corrected chi connectivity index (χ2v) is 3.60. The van der Waals surface area contributed by atoms with E-state index in [0.717, 1.165) is 0 Å². The highest BCUT2D eigenvalue weighted by atomic mass is 16.5. The molecule has 6 heteroatoms. The van der Waals surface area contributed by atoms with Gasteiger partial charge in [-0.2, -0.15) is 0 Å². The van der Waals surface area contributed by atoms with E-state index in [2.05, 4.69) is 5.32 Å². The van der Waals surface area contributed by atoms with Gasteiger partial charge in [-0.1, -0.05) is 0 Å². The third-order valence-corrected chi connectivity index (χ3v) is 2.37. The number of nitrogens with one attached hydrogen (secondary N) is 1. The van der Waals surface area contributed by atoms with Crippen molar-refractivity contribution in [3.63, 3.8) is 0 Å². The Morgan fingerprint density at radius 3 is 2.44 bits per heavy atom. The van der Waals surface area contributed by atoms with Crippen LogP contribution in [-0.2, 0) is 4.79 Å². The van der Waals surface area contributed by atoms with Gasteiger partial charge in [-0.25, -0.2) is 0 Å². The lowest BCUT2D eigenvalue weighted by Gasteiger charge is -2.12. The zero-order valence-corrected chi connectivity index (χ0v) is 10.4. The zero-order chi connectivity index (χ0) is 13.7. The number of ether oxygens (including phenoxy) is 2. The van der Waals surface area contributed by atoms with Crippen molar-refractivity contribution in [3.8, 4) is 11.5 Å². The Hall–Kier alpha value is -2.24. The van der Waals surface area contributed by atoms with Crippen LogP contribution in [0.25, 0.3) is 0 Å². The summed E-state index contributed by atoms with van der Waals surface area (Å²) < 4.78 is 10.1. The van der Waals surface area contributed by atoms with Crippen LogP contribution in [0, 0.1) is 0 Å². The zero-order valence-electron chi connectivity index (χ0n) is 10.4. The van der Waals surface area contributed by atoms with Gasteiger partial charge in [0, 0.05) is 6.07 Å². The van der Waals surface area contributed by atoms with E-state index >= 15 is 0 Å². The summed E-state index contributed by atoms with van der Waals surface area (Å²) in [6, 6.07) is 3.70. The van der Waals surface area contributed by atoms with Crippen LogP contribution in [0.5, 0.6) is 11.5 Å². The highest BCUT2D eigenvalue weighted by Crippen LogP contribution is 2.24. The van der Waals surface area contributed by atoms with E-state index < -0.39 is 17.9 Å². The van der Waals surface area contributed by atoms with Gasteiger partial charge in [0.1, 0.15) is 17.5 Å². The Morgan fingerprint density at radius 2 is 1.94 bits per heavy atom. The molecule has 0 saturated carbocycles. The van der Waals surface area contributed by atoms with Gasteiger partial charge < -0.3 is 19.9 Å². The van der Waals surface area contributed by atoms with Gasteiger partial charge in [0.15, 0.2) is 0 Å². The van der Waals surface area contributed by atoms with Crippen molar-refractivity contribution >= 4 is 11.9 Å². The SMILES string of the molecule is COc1ccc(C(=O)N[C@@H](C)C(=O)O)c(OC)c1. The van der Waals surface area contributed by atoms with E-state index in [1.807, 2.05) is 0 Å². The van der Waals surface area contributed by atoms with Gasteiger partial charge in [0.05, 0.1) is 19.8 Å². The maximum absolute atomic E-state index is 11.8. The van der Waals surface area contributed by atoms with Gasteiger partial charge in [0.2, 0.25) is 0 Å². The molecule has 1 aromatic rings. The van der Waals surface area contributed by atoms with E-state index in [9.17, 15) is 9.59 Å². The fourth-order valence-electron chi connectivity index (χ4n) is 1.32. The first-order valence-corrected chi connectivity index (χ1v) is 5.25. The Morgan fingerprint density at radius 1 is 1.28 bits per heavy atom. The van der Waals surface area contributed by atoms with E-state index in [4.69, 9.17) is 14.6 Å². The molecule has 1 aromatic carbocycles. The number of carboxylic acid groups (broad SMARTS) is 1. The summed E-state index contributed by atoms with van der Waals surface area (Å²) in [5, 5.41) is 11.1. The molecule has 0 aliphatic heterocycles. The predicted octanol–water partition coefficient (Wildman–Crippen LogP) is 0.907. The van der Waals surface area contributed by atoms with Crippen molar-refractivity contribution in [2.24, 2.45) is 0 Å². The Labute approximate surface area is 105 Å². The molecule has 1 atom stereocenters. The topological polar surface area (TPSA) is 84.9 Å². The average Bonchev–Trinajstić information content (AvgIpc) is 2.37. The standard InChI is InChI=1S/C12H15NO5/c1-7(12(15)16)13-11(14)9-5-4-8(17-2)6-10(9)18-3/h4-7H,1-3H3,(H,13,14)(H,15,16)/t7-/m0/s1. The number of hydrogen-bond donors (Lipinski definition) is 2. The van der Waals surface area contributed by atoms with E-state index in [1.165, 1.54) is 27.2 Å². The van der Waals surface area contributed by atoms with Gasteiger partial charge >= 0.3 is 5.97 Å². The molecule has 2 N–H and O–H groups in total. The van der Waals surface area contributed by atoms with Crippen LogP contribution in [0.15, 0.2) is 18.2 Å². The minimum atomic E-state index is -1.10. The van der Waals surface area contributed by atoms with E-state index in [-0.39, 0.29) is 5.56 Å². The van der Waals surface area contributed by atoms with E-state index in [1.54, 1.807) is 12.1 Å². The number of carbonyl (C=O) groups excluding carboxylic acids is 1. The number of aliphatic carboxylic acids is 1. The molecule has 0 aromatic heterocycles. The van der Waals surface area contributed by atoms with Crippen molar-refractivity contribution in [1.82, 2.24) is 5.32 Å². The molecule has 0 aliphatic rings. The van der Waals surface area contributed by atoms with Crippen LogP contribution in [0.2, 0.25) is 0 Å². The molecular formula is C12H15NO5. The quantitative estimate of drug-likeness (QED) is 0.814. The molecule has 18 heavy (non-hydrogen) atoms. The van der Waals surface area contributed by atoms with Gasteiger partial charge in [-0.15, -0.1) is 0 Å². The smallest absolute Gasteiger partial charge is 0.325 e. The summed E-state index contributed by atoms with van der Waals surface area (Å²) in [6.07, 6.45) is 0. The third kappa shape index (κ3) is 3.13. The monoisotopic (exact) mass is 253 g/mol. The summed E-state index contributed by atoms with van der Waals surface area (Å²) in [6.45, 7) is 1.39. The summed E-state index contributed by atoms with van der Waals surface area (Å²) >= 11 is 0. The average molecular weight is 253 g/mol. The molecule has 0 unspecified atom stereocenters. The molecule has 0 aliphatic carbocycles. The Balaban J connectivity index is 2.95. The normalized spacial score (nSPS) is 11.5. The lowest BCUT2D eigenvalue weighted by atomic mass is 10.1. The molecule has 0 radical (unpaired) electrons. The molecule has 0 heterocycles. The highest BCUT2D eigenvalue weighted by Gasteiger charge is 2.18. The summed E-state index contributed by atoms with van der Waals surface area (Å²) in [7, 11) is 2.92. The minimum absolute atomic E-state index is 0.256. The summed E-state index contributed by atoms with van der Waals surface area (Å²) in [5.41, 5.74) is 0.256. The van der Waals surface area contributed by atoms with Crippen LogP contribution < -0.4 is 14.8 Å². The molecule has 1 amide bonds. The number of carboxylic acids is 1. The molecule has 6 nitrogen and oxygen atoms in total. The number of benzene rings is 1. The summed E-state index contributed by atoms with van der Waals surface area (Å²) in [4.78, 5) is 22.5. The first-order chi connectivity index (χ1) is 8.49. The van der Waals surface area contributed by atoms with E-state index in [0.29, 0.717) is 11.5 Å².